The van der Waals surface area contributed by atoms with E-state index in [0.29, 0.717) is 17.5 Å². The smallest absolute Gasteiger partial charge is 0.238 e. The van der Waals surface area contributed by atoms with Crippen LogP contribution in [-0.2, 0) is 10.0 Å². The van der Waals surface area contributed by atoms with Gasteiger partial charge in [-0.1, -0.05) is 13.8 Å². The van der Waals surface area contributed by atoms with E-state index < -0.39 is 15.8 Å². The van der Waals surface area contributed by atoms with Crippen LogP contribution in [0.4, 0.5) is 10.1 Å². The number of nitrogens with one attached hydrogen (secondary N) is 1. The Kier molecular flexibility index (Phi) is 3.82. The van der Waals surface area contributed by atoms with Crippen LogP contribution in [0.1, 0.15) is 26.7 Å². The van der Waals surface area contributed by atoms with Gasteiger partial charge in [0.05, 0.1) is 10.6 Å². The third-order valence-corrected chi connectivity index (χ3v) is 4.99. The summed E-state index contributed by atoms with van der Waals surface area (Å²) in [4.78, 5) is -0.205. The molecule has 0 radical (unpaired) electrons. The average molecular weight is 286 g/mol. The number of sulfonamides is 1. The summed E-state index contributed by atoms with van der Waals surface area (Å²) in [6.45, 7) is 4.33. The molecule has 19 heavy (non-hydrogen) atoms. The first-order valence-electron chi connectivity index (χ1n) is 6.38. The van der Waals surface area contributed by atoms with E-state index in [0.717, 1.165) is 18.9 Å². The van der Waals surface area contributed by atoms with Gasteiger partial charge in [-0.3, -0.25) is 0 Å². The lowest BCUT2D eigenvalue weighted by molar-refractivity contribution is 0.434. The second-order valence-corrected chi connectivity index (χ2v) is 6.91. The van der Waals surface area contributed by atoms with Gasteiger partial charge in [0.25, 0.3) is 0 Å². The van der Waals surface area contributed by atoms with Crippen LogP contribution in [0.2, 0.25) is 0 Å². The SMILES string of the molecule is CC1CCC(Nc2ccc(S(N)(=O)=O)cc2F)C1C. The Hall–Kier alpha value is -1.14. The minimum Gasteiger partial charge on any atom is -0.380 e. The van der Waals surface area contributed by atoms with Gasteiger partial charge >= 0.3 is 0 Å². The molecule has 0 heterocycles. The largest absolute Gasteiger partial charge is 0.380 e. The Labute approximate surface area is 113 Å². The van der Waals surface area contributed by atoms with Gasteiger partial charge in [0.1, 0.15) is 5.82 Å². The Morgan fingerprint density at radius 3 is 2.47 bits per heavy atom. The van der Waals surface area contributed by atoms with E-state index in [1.54, 1.807) is 0 Å². The molecule has 4 nitrogen and oxygen atoms in total. The molecule has 0 bridgehead atoms. The van der Waals surface area contributed by atoms with E-state index in [9.17, 15) is 12.8 Å². The van der Waals surface area contributed by atoms with Crippen molar-refractivity contribution in [3.63, 3.8) is 0 Å². The maximum atomic E-state index is 13.9. The summed E-state index contributed by atoms with van der Waals surface area (Å²) in [6.07, 6.45) is 2.12. The lowest BCUT2D eigenvalue weighted by Gasteiger charge is -2.21. The van der Waals surface area contributed by atoms with Crippen LogP contribution in [0.5, 0.6) is 0 Å². The van der Waals surface area contributed by atoms with Crippen molar-refractivity contribution in [1.29, 1.82) is 0 Å². The van der Waals surface area contributed by atoms with Gasteiger partial charge in [0.2, 0.25) is 10.0 Å². The Bertz CT molecular complexity index is 574. The summed E-state index contributed by atoms with van der Waals surface area (Å²) >= 11 is 0. The zero-order valence-electron chi connectivity index (χ0n) is 11.1. The molecule has 1 fully saturated rings. The highest BCUT2D eigenvalue weighted by atomic mass is 32.2. The van der Waals surface area contributed by atoms with Crippen molar-refractivity contribution < 1.29 is 12.8 Å². The van der Waals surface area contributed by atoms with Crippen LogP contribution in [-0.4, -0.2) is 14.5 Å². The fraction of sp³-hybridized carbons (Fsp3) is 0.538. The quantitative estimate of drug-likeness (QED) is 0.895. The lowest BCUT2D eigenvalue weighted by atomic mass is 9.97. The normalized spacial score (nSPS) is 27.5. The van der Waals surface area contributed by atoms with E-state index in [1.807, 2.05) is 0 Å². The topological polar surface area (TPSA) is 72.2 Å². The Balaban J connectivity index is 2.19. The van der Waals surface area contributed by atoms with E-state index in [2.05, 4.69) is 19.2 Å². The van der Waals surface area contributed by atoms with Crippen LogP contribution in [0, 0.1) is 17.7 Å². The van der Waals surface area contributed by atoms with Gasteiger partial charge in [0.15, 0.2) is 0 Å². The first kappa shape index (κ1) is 14.3. The van der Waals surface area contributed by atoms with Gasteiger partial charge in [-0.25, -0.2) is 17.9 Å². The second kappa shape index (κ2) is 5.09. The molecule has 3 unspecified atom stereocenters. The molecule has 0 amide bonds. The van der Waals surface area contributed by atoms with E-state index in [4.69, 9.17) is 5.14 Å². The van der Waals surface area contributed by atoms with Crippen molar-refractivity contribution in [1.82, 2.24) is 0 Å². The molecule has 2 rings (SSSR count). The van der Waals surface area contributed by atoms with Crippen LogP contribution < -0.4 is 10.5 Å². The zero-order valence-corrected chi connectivity index (χ0v) is 11.9. The first-order valence-corrected chi connectivity index (χ1v) is 7.92. The number of halogens is 1. The van der Waals surface area contributed by atoms with Gasteiger partial charge in [-0.15, -0.1) is 0 Å². The third kappa shape index (κ3) is 3.06. The average Bonchev–Trinajstić information content (AvgIpc) is 2.62. The summed E-state index contributed by atoms with van der Waals surface area (Å²) < 4.78 is 36.1. The fourth-order valence-electron chi connectivity index (χ4n) is 2.56. The zero-order chi connectivity index (χ0) is 14.2. The monoisotopic (exact) mass is 286 g/mol. The number of hydrogen-bond donors (Lipinski definition) is 2. The maximum Gasteiger partial charge on any atom is 0.238 e. The van der Waals surface area contributed by atoms with Crippen molar-refractivity contribution in [3.05, 3.63) is 24.0 Å². The van der Waals surface area contributed by atoms with E-state index >= 15 is 0 Å². The highest BCUT2D eigenvalue weighted by Crippen LogP contribution is 2.33. The van der Waals surface area contributed by atoms with Crippen molar-refractivity contribution in [2.75, 3.05) is 5.32 Å². The summed E-state index contributed by atoms with van der Waals surface area (Å²) in [5.41, 5.74) is 0.332. The molecular formula is C13H19FN2O2S. The molecular weight excluding hydrogens is 267 g/mol. The number of benzene rings is 1. The summed E-state index contributed by atoms with van der Waals surface area (Å²) in [6, 6.07) is 3.94. The van der Waals surface area contributed by atoms with Crippen LogP contribution in [0.3, 0.4) is 0 Å². The van der Waals surface area contributed by atoms with E-state index in [-0.39, 0.29) is 10.9 Å². The highest BCUT2D eigenvalue weighted by molar-refractivity contribution is 7.89. The molecule has 3 atom stereocenters. The molecule has 1 aliphatic rings. The molecule has 6 heteroatoms. The molecule has 0 spiro atoms. The second-order valence-electron chi connectivity index (χ2n) is 5.35. The van der Waals surface area contributed by atoms with Crippen molar-refractivity contribution in [2.45, 2.75) is 37.6 Å². The molecule has 1 aromatic carbocycles. The third-order valence-electron chi connectivity index (χ3n) is 4.08. The lowest BCUT2D eigenvalue weighted by Crippen LogP contribution is -2.24. The van der Waals surface area contributed by atoms with Gasteiger partial charge < -0.3 is 5.32 Å². The first-order chi connectivity index (χ1) is 8.79. The van der Waals surface area contributed by atoms with Gasteiger partial charge in [0, 0.05) is 6.04 Å². The summed E-state index contributed by atoms with van der Waals surface area (Å²) in [7, 11) is -3.86. The minimum atomic E-state index is -3.86. The number of anilines is 1. The minimum absolute atomic E-state index is 0.205. The molecule has 0 saturated heterocycles. The molecule has 0 aliphatic heterocycles. The van der Waals surface area contributed by atoms with Gasteiger partial charge in [-0.2, -0.15) is 0 Å². The number of primary sulfonamides is 1. The van der Waals surface area contributed by atoms with E-state index in [1.165, 1.54) is 12.1 Å². The summed E-state index contributed by atoms with van der Waals surface area (Å²) in [5, 5.41) is 8.12. The molecule has 0 aromatic heterocycles. The number of hydrogen-bond acceptors (Lipinski definition) is 3. The molecule has 1 aliphatic carbocycles. The Morgan fingerprint density at radius 2 is 2.00 bits per heavy atom. The maximum absolute atomic E-state index is 13.9. The van der Waals surface area contributed by atoms with Gasteiger partial charge in [-0.05, 0) is 42.9 Å². The molecule has 1 saturated carbocycles. The van der Waals surface area contributed by atoms with Crippen LogP contribution in [0.15, 0.2) is 23.1 Å². The van der Waals surface area contributed by atoms with Crippen LogP contribution in [0.25, 0.3) is 0 Å². The predicted molar refractivity (Wildman–Crippen MR) is 72.7 cm³/mol. The molecule has 1 aromatic rings. The molecule has 106 valence electrons. The fourth-order valence-corrected chi connectivity index (χ4v) is 3.08. The van der Waals surface area contributed by atoms with Crippen molar-refractivity contribution >= 4 is 15.7 Å². The highest BCUT2D eigenvalue weighted by Gasteiger charge is 2.30. The summed E-state index contributed by atoms with van der Waals surface area (Å²) in [5.74, 6) is 0.500. The number of rotatable bonds is 3. The predicted octanol–water partition coefficient (Wildman–Crippen LogP) is 2.32. The van der Waals surface area contributed by atoms with Crippen molar-refractivity contribution in [3.8, 4) is 0 Å². The molecule has 3 N–H and O–H groups in total. The van der Waals surface area contributed by atoms with Crippen LogP contribution >= 0.6 is 0 Å². The Morgan fingerprint density at radius 1 is 1.32 bits per heavy atom. The van der Waals surface area contributed by atoms with Crippen molar-refractivity contribution in [2.24, 2.45) is 17.0 Å². The number of nitrogens with two attached hydrogens (primary N) is 1. The standard InChI is InChI=1S/C13H19FN2O2S/c1-8-3-5-12(9(8)2)16-13-6-4-10(7-11(13)14)19(15,17)18/h4,6-9,12,16H,3,5H2,1-2H3,(H2,15,17,18).